The van der Waals surface area contributed by atoms with E-state index in [9.17, 15) is 127 Å². The Morgan fingerprint density at radius 1 is 0.292 bits per heavy atom. The third kappa shape index (κ3) is 52.6. The molecule has 770 valence electrons. The van der Waals surface area contributed by atoms with Crippen molar-refractivity contribution in [3.8, 4) is 0 Å². The Hall–Kier alpha value is -13.8. The van der Waals surface area contributed by atoms with Crippen molar-refractivity contribution >= 4 is 136 Å². The lowest BCUT2D eigenvalue weighted by molar-refractivity contribution is -0.144. The Labute approximate surface area is 790 Å². The second kappa shape index (κ2) is 67.4. The number of benzene rings is 1. The SMILES string of the molecule is CC(C)C[C@H](NC(=O)[C@H](Cc1ccccc1)NC(=O)[C@H](CCCCN)NC(=O)[C@H](CCC(N)=O)NC(=O)[C@H](CCC(N)=O)NC(=O)[C@H](CCCCN)NC(=O)[C@H](CCC(=O)O)NC(=O)[C@H](CO)NC(=O)[C@H](CCC(=O)O)NC(=O)[C@H](CO)NC(=O)[C@H](CCCNC(=N)N)NC(=O)[C@H](CCCCN)NC(=O)[C@H](CCCNC(=N)N)NC(=O)[C@@H](N)CCCNC(=N)N)C(=O)N[C@@H](CCC(=O)O)C(=O)O. The van der Waals surface area contributed by atoms with Gasteiger partial charge >= 0.3 is 23.9 Å². The van der Waals surface area contributed by atoms with E-state index in [-0.39, 0.29) is 154 Å². The smallest absolute Gasteiger partial charge is 0.326 e. The number of primary amides is 2. The number of aliphatic carboxylic acids is 4. The van der Waals surface area contributed by atoms with E-state index >= 15 is 0 Å². The molecule has 1 aromatic carbocycles. The highest BCUT2D eigenvalue weighted by molar-refractivity contribution is 6.01. The van der Waals surface area contributed by atoms with Crippen LogP contribution in [0.1, 0.15) is 186 Å². The minimum atomic E-state index is -2.18. The number of nitrogens with one attached hydrogen (secondary N) is 20. The zero-order chi connectivity index (χ0) is 103. The molecule has 0 radical (unpaired) electrons. The van der Waals surface area contributed by atoms with Gasteiger partial charge in [0.1, 0.15) is 84.6 Å². The zero-order valence-corrected chi connectivity index (χ0v) is 76.9. The lowest BCUT2D eigenvalue weighted by Gasteiger charge is -2.28. The first-order valence-electron chi connectivity index (χ1n) is 44.8. The number of hydrogen-bond donors (Lipinski definition) is 35. The lowest BCUT2D eigenvalue weighted by Crippen LogP contribution is -2.61. The summed E-state index contributed by atoms with van der Waals surface area (Å²) in [6, 6.07) is -17.8. The Kier molecular flexibility index (Phi) is 59.6. The number of unbranched alkanes of at least 4 members (excludes halogenated alkanes) is 3. The highest BCUT2D eigenvalue weighted by Crippen LogP contribution is 2.16. The first-order chi connectivity index (χ1) is 64.7. The van der Waals surface area contributed by atoms with Crippen molar-refractivity contribution in [2.45, 2.75) is 278 Å². The average molecular weight is 1950 g/mol. The van der Waals surface area contributed by atoms with Crippen molar-refractivity contribution in [2.24, 2.45) is 57.5 Å². The van der Waals surface area contributed by atoms with Crippen LogP contribution in [0.3, 0.4) is 0 Å². The van der Waals surface area contributed by atoms with Crippen LogP contribution in [0.25, 0.3) is 0 Å². The topological polar surface area (TPSA) is 973 Å². The van der Waals surface area contributed by atoms with E-state index < -0.39 is 298 Å². The normalized spacial score (nSPS) is 14.3. The molecule has 0 bridgehead atoms. The van der Waals surface area contributed by atoms with Crippen LogP contribution >= 0.6 is 0 Å². The summed E-state index contributed by atoms with van der Waals surface area (Å²) in [5.74, 6) is -25.9. The Balaban J connectivity index is 3.83. The third-order valence-corrected chi connectivity index (χ3v) is 20.7. The van der Waals surface area contributed by atoms with Gasteiger partial charge in [-0.15, -0.1) is 0 Å². The van der Waals surface area contributed by atoms with Gasteiger partial charge < -0.3 is 173 Å². The van der Waals surface area contributed by atoms with E-state index in [2.05, 4.69) is 90.4 Å². The fourth-order valence-electron chi connectivity index (χ4n) is 13.2. The van der Waals surface area contributed by atoms with Crippen molar-refractivity contribution in [1.29, 1.82) is 16.2 Å². The lowest BCUT2D eigenvalue weighted by atomic mass is 10.00. The molecule has 0 saturated carbocycles. The molecule has 0 spiro atoms. The van der Waals surface area contributed by atoms with Gasteiger partial charge in [0.25, 0.3) is 0 Å². The number of guanidine groups is 3. The molecule has 0 unspecified atom stereocenters. The van der Waals surface area contributed by atoms with Gasteiger partial charge in [0.2, 0.25) is 94.5 Å². The number of hydrogen-bond acceptors (Lipinski definition) is 29. The van der Waals surface area contributed by atoms with Crippen LogP contribution in [0.15, 0.2) is 30.3 Å². The van der Waals surface area contributed by atoms with Gasteiger partial charge in [0.15, 0.2) is 17.9 Å². The van der Waals surface area contributed by atoms with Gasteiger partial charge in [-0.2, -0.15) is 0 Å². The number of aliphatic hydroxyl groups excluding tert-OH is 2. The monoisotopic (exact) mass is 1950 g/mol. The number of amides is 16. The number of aliphatic hydroxyl groups is 2. The van der Waals surface area contributed by atoms with Crippen molar-refractivity contribution < 1.29 is 127 Å². The summed E-state index contributed by atoms with van der Waals surface area (Å²) in [6.07, 6.45) is -7.16. The number of nitrogens with two attached hydrogens (primary N) is 9. The minimum Gasteiger partial charge on any atom is -0.481 e. The molecule has 15 atom stereocenters. The average Bonchev–Trinajstić information content (AvgIpc) is 0.864. The quantitative estimate of drug-likeness (QED) is 0.0164. The van der Waals surface area contributed by atoms with Crippen molar-refractivity contribution in [2.75, 3.05) is 52.5 Å². The van der Waals surface area contributed by atoms with Gasteiger partial charge in [-0.3, -0.25) is 107 Å². The second-order valence-corrected chi connectivity index (χ2v) is 32.6. The molecular formula is C82H141N29O26. The molecule has 0 saturated heterocycles. The van der Waals surface area contributed by atoms with Crippen LogP contribution in [0.5, 0.6) is 0 Å². The minimum absolute atomic E-state index is 0.00293. The van der Waals surface area contributed by atoms with E-state index in [0.29, 0.717) is 12.0 Å². The standard InChI is InChI=1S/C82H141N29O26/c1-43(2)39-56(75(132)107-55(79(136)137)27-32-64(120)121)108-76(133)57(40-44-15-4-3-5-16-44)109-69(126)48(20-8-11-35-85)101-71(128)51(23-28-60(87)114)104-72(129)52(24-29-61(88)115)103-67(124)47(19-7-10-34-84)100-73(130)53(25-30-62(116)117)105-78(135)59(42-113)111-74(131)54(26-31-63(118)119)106-77(134)58(41-112)110-70(127)50(22-14-38-97-82(93)94)102-66(123)46(18-6-9-33-83)99-68(125)49(21-13-37-96-81(91)92)98-65(122)45(86)17-12-36-95-80(89)90/h3-5,15-16,43,45-59,112-113H,6-14,17-42,83-86H2,1-2H3,(H2,87,114)(H2,88,115)(H,98,122)(H,99,125)(H,100,130)(H,101,128)(H,102,123)(H,103,124)(H,104,129)(H,105,135)(H,106,134)(H,107,132)(H,108,133)(H,109,126)(H,110,127)(H,111,131)(H,116,117)(H,118,119)(H,120,121)(H,136,137)(H4,89,90,95)(H4,91,92,96)(H4,93,94,97)/t45-,46-,47-,48-,49-,50-,51-,52-,53-,54-,55-,56-,57-,58-,59-/m0/s1. The first kappa shape index (κ1) is 121. The van der Waals surface area contributed by atoms with Gasteiger partial charge in [0, 0.05) is 58.2 Å². The molecule has 0 aromatic heterocycles. The van der Waals surface area contributed by atoms with Crippen molar-refractivity contribution in [1.82, 2.24) is 90.4 Å². The summed E-state index contributed by atoms with van der Waals surface area (Å²) < 4.78 is 0. The summed E-state index contributed by atoms with van der Waals surface area (Å²) >= 11 is 0. The maximum atomic E-state index is 14.6. The van der Waals surface area contributed by atoms with E-state index in [0.717, 1.165) is 0 Å². The molecule has 1 aromatic rings. The third-order valence-electron chi connectivity index (χ3n) is 20.7. The zero-order valence-electron chi connectivity index (χ0n) is 76.9. The second-order valence-electron chi connectivity index (χ2n) is 32.6. The van der Waals surface area contributed by atoms with Gasteiger partial charge in [-0.25, -0.2) is 4.79 Å². The van der Waals surface area contributed by atoms with Gasteiger partial charge in [0.05, 0.1) is 19.3 Å². The van der Waals surface area contributed by atoms with Gasteiger partial charge in [-0.1, -0.05) is 44.2 Å². The van der Waals surface area contributed by atoms with Gasteiger partial charge in [-0.05, 0) is 166 Å². The summed E-state index contributed by atoms with van der Waals surface area (Å²) in [7, 11) is 0. The molecule has 0 aliphatic heterocycles. The summed E-state index contributed by atoms with van der Waals surface area (Å²) in [4.78, 5) is 272. The van der Waals surface area contributed by atoms with Crippen LogP contribution in [0.4, 0.5) is 0 Å². The molecule has 0 fully saturated rings. The molecule has 0 heterocycles. The summed E-state index contributed by atoms with van der Waals surface area (Å²) in [6.45, 7) is 1.09. The highest BCUT2D eigenvalue weighted by Gasteiger charge is 2.40. The van der Waals surface area contributed by atoms with Crippen LogP contribution < -0.4 is 142 Å². The predicted octanol–water partition coefficient (Wildman–Crippen LogP) is -11.2. The van der Waals surface area contributed by atoms with Crippen LogP contribution in [0, 0.1) is 22.1 Å². The largest absolute Gasteiger partial charge is 0.481 e. The molecule has 55 heteroatoms. The number of carboxylic acids is 4. The number of carbonyl (C=O) groups is 20. The Morgan fingerprint density at radius 3 is 0.803 bits per heavy atom. The van der Waals surface area contributed by atoms with E-state index in [1.54, 1.807) is 44.2 Å². The maximum Gasteiger partial charge on any atom is 0.326 e. The predicted molar refractivity (Wildman–Crippen MR) is 490 cm³/mol. The van der Waals surface area contributed by atoms with E-state index in [1.807, 2.05) is 0 Å². The number of rotatable bonds is 74. The first-order valence-corrected chi connectivity index (χ1v) is 44.8. The molecule has 44 N–H and O–H groups in total. The maximum absolute atomic E-state index is 14.6. The molecule has 16 amide bonds. The fourth-order valence-corrected chi connectivity index (χ4v) is 13.2. The number of carbonyl (C=O) groups excluding carboxylic acids is 16. The highest BCUT2D eigenvalue weighted by atomic mass is 16.4. The molecule has 0 aliphatic carbocycles. The summed E-state index contributed by atoms with van der Waals surface area (Å²) in [5, 5.41) is 123. The molecular weight excluding hydrogens is 1810 g/mol. The molecule has 137 heavy (non-hydrogen) atoms. The van der Waals surface area contributed by atoms with Crippen molar-refractivity contribution in [3.05, 3.63) is 35.9 Å². The Morgan fingerprint density at radius 2 is 0.526 bits per heavy atom. The number of carboxylic acid groups (broad SMARTS) is 4. The fraction of sp³-hybridized carbons (Fsp3) is 0.646. The van der Waals surface area contributed by atoms with E-state index in [4.69, 9.17) is 67.8 Å². The van der Waals surface area contributed by atoms with Crippen LogP contribution in [0.2, 0.25) is 0 Å². The van der Waals surface area contributed by atoms with Crippen LogP contribution in [-0.2, 0) is 102 Å². The van der Waals surface area contributed by atoms with Crippen LogP contribution in [-0.4, -0.2) is 310 Å². The van der Waals surface area contributed by atoms with Crippen molar-refractivity contribution in [3.63, 3.8) is 0 Å². The Bertz CT molecular complexity index is 4180. The molecule has 1 rings (SSSR count). The summed E-state index contributed by atoms with van der Waals surface area (Å²) in [5.41, 5.74) is 51.2. The molecule has 55 nitrogen and oxygen atoms in total. The molecule has 0 aliphatic rings. The van der Waals surface area contributed by atoms with E-state index in [1.165, 1.54) is 0 Å².